The first-order valence-corrected chi connectivity index (χ1v) is 4.16. The van der Waals surface area contributed by atoms with Crippen molar-refractivity contribution in [2.75, 3.05) is 6.61 Å². The molecule has 1 rings (SSSR count). The largest absolute Gasteiger partial charge is 0.507 e. The Balaban J connectivity index is 2.74. The van der Waals surface area contributed by atoms with Crippen LogP contribution in [0.3, 0.4) is 0 Å². The number of rotatable bonds is 3. The van der Waals surface area contributed by atoms with E-state index in [1.165, 1.54) is 0 Å². The Labute approximate surface area is 77.4 Å². The van der Waals surface area contributed by atoms with Crippen molar-refractivity contribution in [3.8, 4) is 5.75 Å². The predicted octanol–water partition coefficient (Wildman–Crippen LogP) is 1.19. The van der Waals surface area contributed by atoms with Crippen LogP contribution in [-0.2, 0) is 0 Å². The molecule has 13 heavy (non-hydrogen) atoms. The summed E-state index contributed by atoms with van der Waals surface area (Å²) in [5.74, 6) is 0.205. The van der Waals surface area contributed by atoms with E-state index in [1.807, 2.05) is 6.07 Å². The summed E-state index contributed by atoms with van der Waals surface area (Å²) in [6, 6.07) is 6.82. The SMILES string of the molecule is CC(CO)N=Cc1ccccc1O. The lowest BCUT2D eigenvalue weighted by atomic mass is 10.2. The second kappa shape index (κ2) is 4.62. The summed E-state index contributed by atoms with van der Waals surface area (Å²) in [4.78, 5) is 4.04. The van der Waals surface area contributed by atoms with E-state index in [4.69, 9.17) is 5.11 Å². The van der Waals surface area contributed by atoms with Crippen molar-refractivity contribution >= 4 is 6.21 Å². The number of phenolic OH excluding ortho intramolecular Hbond substituents is 1. The first kappa shape index (κ1) is 9.74. The lowest BCUT2D eigenvalue weighted by Gasteiger charge is -2.00. The lowest BCUT2D eigenvalue weighted by Crippen LogP contribution is -2.03. The molecule has 1 unspecified atom stereocenters. The first-order chi connectivity index (χ1) is 6.24. The third-order valence-corrected chi connectivity index (χ3v) is 1.67. The lowest BCUT2D eigenvalue weighted by molar-refractivity contribution is 0.275. The van der Waals surface area contributed by atoms with E-state index in [1.54, 1.807) is 31.3 Å². The predicted molar refractivity (Wildman–Crippen MR) is 52.2 cm³/mol. The number of aliphatic imine (C=N–C) groups is 1. The highest BCUT2D eigenvalue weighted by Gasteiger charge is 1.96. The molecule has 3 heteroatoms. The normalized spacial score (nSPS) is 13.4. The maximum atomic E-state index is 9.34. The van der Waals surface area contributed by atoms with E-state index < -0.39 is 0 Å². The zero-order valence-corrected chi connectivity index (χ0v) is 7.51. The molecule has 3 nitrogen and oxygen atoms in total. The molecule has 0 spiro atoms. The molecule has 1 aromatic carbocycles. The summed E-state index contributed by atoms with van der Waals surface area (Å²) in [5.41, 5.74) is 0.669. The Morgan fingerprint density at radius 3 is 2.77 bits per heavy atom. The van der Waals surface area contributed by atoms with Crippen LogP contribution in [-0.4, -0.2) is 29.1 Å². The molecule has 1 aromatic rings. The van der Waals surface area contributed by atoms with Crippen molar-refractivity contribution in [3.63, 3.8) is 0 Å². The second-order valence-corrected chi connectivity index (χ2v) is 2.87. The molecule has 0 bridgehead atoms. The van der Waals surface area contributed by atoms with E-state index in [9.17, 15) is 5.11 Å². The number of phenols is 1. The van der Waals surface area contributed by atoms with Crippen molar-refractivity contribution in [1.29, 1.82) is 0 Å². The molecule has 0 heterocycles. The van der Waals surface area contributed by atoms with Crippen molar-refractivity contribution in [3.05, 3.63) is 29.8 Å². The molecule has 0 radical (unpaired) electrons. The van der Waals surface area contributed by atoms with Crippen LogP contribution in [0.1, 0.15) is 12.5 Å². The van der Waals surface area contributed by atoms with Gasteiger partial charge >= 0.3 is 0 Å². The van der Waals surface area contributed by atoms with Gasteiger partial charge in [0.2, 0.25) is 0 Å². The van der Waals surface area contributed by atoms with Crippen molar-refractivity contribution in [2.24, 2.45) is 4.99 Å². The summed E-state index contributed by atoms with van der Waals surface area (Å²) >= 11 is 0. The third-order valence-electron chi connectivity index (χ3n) is 1.67. The van der Waals surface area contributed by atoms with Crippen LogP contribution in [0.5, 0.6) is 5.75 Å². The minimum atomic E-state index is -0.125. The van der Waals surface area contributed by atoms with E-state index >= 15 is 0 Å². The van der Waals surface area contributed by atoms with Crippen molar-refractivity contribution in [1.82, 2.24) is 0 Å². The van der Waals surface area contributed by atoms with Crippen LogP contribution in [0.2, 0.25) is 0 Å². The fraction of sp³-hybridized carbons (Fsp3) is 0.300. The average molecular weight is 179 g/mol. The zero-order chi connectivity index (χ0) is 9.68. The number of hydrogen-bond acceptors (Lipinski definition) is 3. The summed E-state index contributed by atoms with van der Waals surface area (Å²) in [7, 11) is 0. The quantitative estimate of drug-likeness (QED) is 0.685. The molecule has 0 fully saturated rings. The summed E-state index contributed by atoms with van der Waals surface area (Å²) < 4.78 is 0. The highest BCUT2D eigenvalue weighted by molar-refractivity contribution is 5.83. The fourth-order valence-corrected chi connectivity index (χ4v) is 0.851. The number of aliphatic hydroxyl groups excluding tert-OH is 1. The molecule has 1 atom stereocenters. The molecular weight excluding hydrogens is 166 g/mol. The van der Waals surface area contributed by atoms with Gasteiger partial charge in [-0.3, -0.25) is 4.99 Å². The van der Waals surface area contributed by atoms with Crippen molar-refractivity contribution in [2.45, 2.75) is 13.0 Å². The number of aliphatic hydroxyl groups is 1. The Morgan fingerprint density at radius 2 is 2.15 bits per heavy atom. The second-order valence-electron chi connectivity index (χ2n) is 2.87. The molecule has 0 saturated heterocycles. The third kappa shape index (κ3) is 2.87. The van der Waals surface area contributed by atoms with Gasteiger partial charge in [0, 0.05) is 11.8 Å². The number of para-hydroxylation sites is 1. The maximum absolute atomic E-state index is 9.34. The average Bonchev–Trinajstić information content (AvgIpc) is 2.16. The number of nitrogens with zero attached hydrogens (tertiary/aromatic N) is 1. The van der Waals surface area contributed by atoms with Gasteiger partial charge in [-0.2, -0.15) is 0 Å². The highest BCUT2D eigenvalue weighted by Crippen LogP contribution is 2.12. The molecule has 0 saturated carbocycles. The zero-order valence-electron chi connectivity index (χ0n) is 7.51. The molecule has 0 aliphatic heterocycles. The fourth-order valence-electron chi connectivity index (χ4n) is 0.851. The molecular formula is C10H13NO2. The number of hydrogen-bond donors (Lipinski definition) is 2. The van der Waals surface area contributed by atoms with Crippen LogP contribution in [0.25, 0.3) is 0 Å². The maximum Gasteiger partial charge on any atom is 0.124 e. The number of benzene rings is 1. The van der Waals surface area contributed by atoms with Gasteiger partial charge in [-0.05, 0) is 19.1 Å². The Kier molecular flexibility index (Phi) is 3.46. The molecule has 0 aliphatic carbocycles. The number of aromatic hydroxyl groups is 1. The summed E-state index contributed by atoms with van der Waals surface area (Å²) in [6.45, 7) is 1.82. The molecule has 0 aromatic heterocycles. The van der Waals surface area contributed by atoms with Gasteiger partial charge in [-0.1, -0.05) is 12.1 Å². The highest BCUT2D eigenvalue weighted by atomic mass is 16.3. The first-order valence-electron chi connectivity index (χ1n) is 4.16. The van der Waals surface area contributed by atoms with Crippen LogP contribution >= 0.6 is 0 Å². The smallest absolute Gasteiger partial charge is 0.124 e. The molecule has 70 valence electrons. The van der Waals surface area contributed by atoms with Gasteiger partial charge in [-0.15, -0.1) is 0 Å². The van der Waals surface area contributed by atoms with Crippen LogP contribution in [0, 0.1) is 0 Å². The van der Waals surface area contributed by atoms with E-state index in [2.05, 4.69) is 4.99 Å². The molecule has 0 amide bonds. The Hall–Kier alpha value is -1.35. The Morgan fingerprint density at radius 1 is 1.46 bits per heavy atom. The van der Waals surface area contributed by atoms with E-state index in [0.717, 1.165) is 0 Å². The molecule has 0 aliphatic rings. The van der Waals surface area contributed by atoms with Crippen LogP contribution in [0.4, 0.5) is 0 Å². The van der Waals surface area contributed by atoms with Gasteiger partial charge in [0.1, 0.15) is 5.75 Å². The summed E-state index contributed by atoms with van der Waals surface area (Å²) in [6.07, 6.45) is 1.57. The monoisotopic (exact) mass is 179 g/mol. The Bertz CT molecular complexity index is 297. The van der Waals surface area contributed by atoms with Gasteiger partial charge in [0.05, 0.1) is 12.6 Å². The van der Waals surface area contributed by atoms with Crippen LogP contribution in [0.15, 0.2) is 29.3 Å². The van der Waals surface area contributed by atoms with Gasteiger partial charge in [0.25, 0.3) is 0 Å². The van der Waals surface area contributed by atoms with Crippen molar-refractivity contribution < 1.29 is 10.2 Å². The van der Waals surface area contributed by atoms with Gasteiger partial charge in [-0.25, -0.2) is 0 Å². The van der Waals surface area contributed by atoms with E-state index in [0.29, 0.717) is 5.56 Å². The van der Waals surface area contributed by atoms with Gasteiger partial charge < -0.3 is 10.2 Å². The standard InChI is InChI=1S/C10H13NO2/c1-8(7-12)11-6-9-4-2-3-5-10(9)13/h2-6,8,12-13H,7H2,1H3. The van der Waals surface area contributed by atoms with Crippen LogP contribution < -0.4 is 0 Å². The molecule has 2 N–H and O–H groups in total. The minimum Gasteiger partial charge on any atom is -0.507 e. The topological polar surface area (TPSA) is 52.8 Å². The van der Waals surface area contributed by atoms with Gasteiger partial charge in [0.15, 0.2) is 0 Å². The van der Waals surface area contributed by atoms with E-state index in [-0.39, 0.29) is 18.4 Å². The minimum absolute atomic E-state index is 0.0180. The summed E-state index contributed by atoms with van der Waals surface area (Å²) in [5, 5.41) is 18.0.